The molecule has 7 heteroatoms. The van der Waals surface area contributed by atoms with Crippen LogP contribution in [-0.4, -0.2) is 13.4 Å². The monoisotopic (exact) mass is 316 g/mol. The molecule has 0 fully saturated rings. The number of hydrogen-bond acceptors (Lipinski definition) is 3. The first kappa shape index (κ1) is 14.1. The van der Waals surface area contributed by atoms with E-state index in [-0.39, 0.29) is 10.7 Å². The minimum Gasteiger partial charge on any atom is -0.263 e. The van der Waals surface area contributed by atoms with Gasteiger partial charge in [0.15, 0.2) is 0 Å². The predicted molar refractivity (Wildman–Crippen MR) is 76.2 cm³/mol. The Hall–Kier alpha value is -1.30. The normalized spacial score (nSPS) is 11.3. The Balaban J connectivity index is 2.38. The molecule has 19 heavy (non-hydrogen) atoms. The zero-order valence-electron chi connectivity index (χ0n) is 9.89. The minimum atomic E-state index is -3.72. The Kier molecular flexibility index (Phi) is 3.99. The third kappa shape index (κ3) is 3.18. The molecule has 0 aliphatic rings. The van der Waals surface area contributed by atoms with Gasteiger partial charge in [0.05, 0.1) is 9.92 Å². The zero-order chi connectivity index (χ0) is 14.0. The fraction of sp³-hybridized carbons (Fsp3) is 0.0833. The third-order valence-electron chi connectivity index (χ3n) is 2.47. The van der Waals surface area contributed by atoms with Crippen molar-refractivity contribution in [2.75, 3.05) is 4.72 Å². The second kappa shape index (κ2) is 5.36. The number of nitrogens with one attached hydrogen (secondary N) is 1. The fourth-order valence-corrected chi connectivity index (χ4v) is 3.13. The lowest BCUT2D eigenvalue weighted by Crippen LogP contribution is -2.15. The summed E-state index contributed by atoms with van der Waals surface area (Å²) in [4.78, 5) is 4.01. The first-order valence-electron chi connectivity index (χ1n) is 5.29. The van der Waals surface area contributed by atoms with E-state index in [0.717, 1.165) is 0 Å². The lowest BCUT2D eigenvalue weighted by Gasteiger charge is -2.10. The Morgan fingerprint density at radius 3 is 2.53 bits per heavy atom. The van der Waals surface area contributed by atoms with E-state index in [1.54, 1.807) is 25.1 Å². The highest BCUT2D eigenvalue weighted by Gasteiger charge is 2.18. The van der Waals surface area contributed by atoms with Gasteiger partial charge in [-0.1, -0.05) is 29.3 Å². The maximum Gasteiger partial charge on any atom is 0.263 e. The molecule has 0 bridgehead atoms. The zero-order valence-corrected chi connectivity index (χ0v) is 12.2. The molecule has 1 heterocycles. The van der Waals surface area contributed by atoms with Gasteiger partial charge < -0.3 is 0 Å². The Morgan fingerprint density at radius 1 is 1.16 bits per heavy atom. The topological polar surface area (TPSA) is 59.1 Å². The molecule has 0 amide bonds. The third-order valence-corrected chi connectivity index (χ3v) is 4.61. The van der Waals surface area contributed by atoms with Crippen molar-refractivity contribution in [3.63, 3.8) is 0 Å². The Bertz CT molecular complexity index is 700. The van der Waals surface area contributed by atoms with Gasteiger partial charge in [-0.05, 0) is 36.8 Å². The second-order valence-electron chi connectivity index (χ2n) is 3.83. The molecule has 0 aliphatic heterocycles. The summed E-state index contributed by atoms with van der Waals surface area (Å²) in [5.41, 5.74) is 0.491. The van der Waals surface area contributed by atoms with Crippen molar-refractivity contribution < 1.29 is 8.42 Å². The first-order chi connectivity index (χ1) is 8.90. The molecule has 4 nitrogen and oxygen atoms in total. The summed E-state index contributed by atoms with van der Waals surface area (Å²) in [6.07, 6.45) is 1.37. The SMILES string of the molecule is Cc1c(Cl)cccc1S(=O)(=O)Nc1ccc(Cl)cn1. The van der Waals surface area contributed by atoms with Crippen molar-refractivity contribution in [1.29, 1.82) is 0 Å². The highest BCUT2D eigenvalue weighted by Crippen LogP contribution is 2.24. The van der Waals surface area contributed by atoms with Gasteiger partial charge >= 0.3 is 0 Å². The standard InChI is InChI=1S/C12H10Cl2N2O2S/c1-8-10(14)3-2-4-11(8)19(17,18)16-12-6-5-9(13)7-15-12/h2-7H,1H3,(H,15,16). The lowest BCUT2D eigenvalue weighted by molar-refractivity contribution is 0.600. The quantitative estimate of drug-likeness (QED) is 0.942. The van der Waals surface area contributed by atoms with Gasteiger partial charge in [0.2, 0.25) is 0 Å². The summed E-state index contributed by atoms with van der Waals surface area (Å²) < 4.78 is 26.8. The van der Waals surface area contributed by atoms with Gasteiger partial charge in [0.1, 0.15) is 5.82 Å². The molecule has 2 aromatic rings. The highest BCUT2D eigenvalue weighted by atomic mass is 35.5. The van der Waals surface area contributed by atoms with E-state index in [2.05, 4.69) is 9.71 Å². The molecule has 2 rings (SSSR count). The highest BCUT2D eigenvalue weighted by molar-refractivity contribution is 7.92. The average Bonchev–Trinajstić information content (AvgIpc) is 2.35. The van der Waals surface area contributed by atoms with Gasteiger partial charge in [-0.3, -0.25) is 4.72 Å². The van der Waals surface area contributed by atoms with Crippen LogP contribution in [0.1, 0.15) is 5.56 Å². The number of nitrogens with zero attached hydrogens (tertiary/aromatic N) is 1. The van der Waals surface area contributed by atoms with Crippen LogP contribution in [0.25, 0.3) is 0 Å². The smallest absolute Gasteiger partial charge is 0.263 e. The van der Waals surface area contributed by atoms with Crippen LogP contribution in [0.2, 0.25) is 10.0 Å². The van der Waals surface area contributed by atoms with E-state index < -0.39 is 10.0 Å². The van der Waals surface area contributed by atoms with Crippen LogP contribution < -0.4 is 4.72 Å². The van der Waals surface area contributed by atoms with Crippen LogP contribution in [0.4, 0.5) is 5.82 Å². The Morgan fingerprint density at radius 2 is 1.89 bits per heavy atom. The molecule has 1 aromatic carbocycles. The first-order valence-corrected chi connectivity index (χ1v) is 7.53. The number of halogens is 2. The number of rotatable bonds is 3. The molecule has 0 atom stereocenters. The molecule has 0 spiro atoms. The molecule has 1 aromatic heterocycles. The largest absolute Gasteiger partial charge is 0.263 e. The molecule has 100 valence electrons. The van der Waals surface area contributed by atoms with Crippen LogP contribution in [0.3, 0.4) is 0 Å². The summed E-state index contributed by atoms with van der Waals surface area (Å²) in [5.74, 6) is 0.198. The van der Waals surface area contributed by atoms with Crippen molar-refractivity contribution in [1.82, 2.24) is 4.98 Å². The van der Waals surface area contributed by atoms with Crippen molar-refractivity contribution in [3.05, 3.63) is 52.1 Å². The van der Waals surface area contributed by atoms with E-state index >= 15 is 0 Å². The number of anilines is 1. The van der Waals surface area contributed by atoms with Crippen LogP contribution in [0.5, 0.6) is 0 Å². The van der Waals surface area contributed by atoms with Crippen molar-refractivity contribution in [2.24, 2.45) is 0 Å². The molecule has 0 saturated heterocycles. The van der Waals surface area contributed by atoms with Crippen LogP contribution in [0, 0.1) is 6.92 Å². The number of benzene rings is 1. The van der Waals surface area contributed by atoms with Crippen molar-refractivity contribution in [2.45, 2.75) is 11.8 Å². The van der Waals surface area contributed by atoms with E-state index in [0.29, 0.717) is 15.6 Å². The molecule has 0 aliphatic carbocycles. The molecule has 0 unspecified atom stereocenters. The van der Waals surface area contributed by atoms with E-state index in [1.165, 1.54) is 18.3 Å². The van der Waals surface area contributed by atoms with Gasteiger partial charge in [-0.15, -0.1) is 0 Å². The van der Waals surface area contributed by atoms with Gasteiger partial charge in [-0.25, -0.2) is 13.4 Å². The molecular formula is C12H10Cl2N2O2S. The van der Waals surface area contributed by atoms with Crippen LogP contribution >= 0.6 is 23.2 Å². The summed E-state index contributed by atoms with van der Waals surface area (Å²) >= 11 is 11.6. The maximum absolute atomic E-state index is 12.2. The average molecular weight is 317 g/mol. The lowest BCUT2D eigenvalue weighted by atomic mass is 10.2. The summed E-state index contributed by atoms with van der Waals surface area (Å²) in [5, 5.41) is 0.828. The van der Waals surface area contributed by atoms with Crippen LogP contribution in [0.15, 0.2) is 41.4 Å². The van der Waals surface area contributed by atoms with Gasteiger partial charge in [0, 0.05) is 11.2 Å². The van der Waals surface area contributed by atoms with E-state index in [1.807, 2.05) is 0 Å². The number of pyridine rings is 1. The van der Waals surface area contributed by atoms with Crippen molar-refractivity contribution >= 4 is 39.0 Å². The number of hydrogen-bond donors (Lipinski definition) is 1. The summed E-state index contributed by atoms with van der Waals surface area (Å²) in [6, 6.07) is 7.74. The predicted octanol–water partition coefficient (Wildman–Crippen LogP) is 3.50. The minimum absolute atomic E-state index is 0.122. The maximum atomic E-state index is 12.2. The molecule has 0 saturated carbocycles. The van der Waals surface area contributed by atoms with E-state index in [9.17, 15) is 8.42 Å². The Labute approximate surface area is 121 Å². The summed E-state index contributed by atoms with van der Waals surface area (Å²) in [6.45, 7) is 1.65. The second-order valence-corrected chi connectivity index (χ2v) is 6.32. The van der Waals surface area contributed by atoms with E-state index in [4.69, 9.17) is 23.2 Å². The number of aromatic nitrogens is 1. The summed E-state index contributed by atoms with van der Waals surface area (Å²) in [7, 11) is -3.72. The van der Waals surface area contributed by atoms with Crippen LogP contribution in [-0.2, 0) is 10.0 Å². The molecular weight excluding hydrogens is 307 g/mol. The molecule has 1 N–H and O–H groups in total. The fourth-order valence-electron chi connectivity index (χ4n) is 1.51. The van der Waals surface area contributed by atoms with Crippen molar-refractivity contribution in [3.8, 4) is 0 Å². The number of sulfonamides is 1. The van der Waals surface area contributed by atoms with Gasteiger partial charge in [0.25, 0.3) is 10.0 Å². The molecule has 0 radical (unpaired) electrons. The van der Waals surface area contributed by atoms with Gasteiger partial charge in [-0.2, -0.15) is 0 Å².